The van der Waals surface area contributed by atoms with Gasteiger partial charge in [0.25, 0.3) is 5.56 Å². The van der Waals surface area contributed by atoms with Gasteiger partial charge in [-0.15, -0.1) is 0 Å². The summed E-state index contributed by atoms with van der Waals surface area (Å²) in [5.74, 6) is -1.42. The number of aromatic nitrogens is 2. The number of nitrogens with zero attached hydrogens (tertiary/aromatic N) is 3. The van der Waals surface area contributed by atoms with Crippen LogP contribution in [0.15, 0.2) is 55.4 Å². The Morgan fingerprint density at radius 3 is 2.45 bits per heavy atom. The van der Waals surface area contributed by atoms with Crippen LogP contribution in [0.3, 0.4) is 0 Å². The Balaban J connectivity index is 1.90. The number of nitrogens with one attached hydrogen (secondary N) is 1. The van der Waals surface area contributed by atoms with Crippen LogP contribution in [0.2, 0.25) is 0 Å². The molecule has 1 amide bonds. The van der Waals surface area contributed by atoms with Crippen LogP contribution in [-0.2, 0) is 28.9 Å². The van der Waals surface area contributed by atoms with Gasteiger partial charge in [-0.25, -0.2) is 17.6 Å². The van der Waals surface area contributed by atoms with E-state index in [0.717, 1.165) is 14.9 Å². The zero-order chi connectivity index (χ0) is 23.1. The molecule has 0 saturated heterocycles. The maximum atomic E-state index is 13.9. The predicted octanol–water partition coefficient (Wildman–Crippen LogP) is 1.40. The Labute approximate surface area is 184 Å². The van der Waals surface area contributed by atoms with E-state index in [2.05, 4.69) is 21.2 Å². The monoisotopic (exact) mass is 512 g/mol. The van der Waals surface area contributed by atoms with E-state index in [1.54, 1.807) is 0 Å². The summed E-state index contributed by atoms with van der Waals surface area (Å²) < 4.78 is 43.1. The zero-order valence-corrected chi connectivity index (χ0v) is 19.1. The second kappa shape index (κ2) is 8.36. The normalized spacial score (nSPS) is 11.8. The summed E-state index contributed by atoms with van der Waals surface area (Å²) in [5.41, 5.74) is -0.990. The number of likely N-dealkylation sites (N-methyl/N-ethyl adjacent to an activating group) is 1. The molecule has 1 heterocycles. The Bertz CT molecular complexity index is 1430. The van der Waals surface area contributed by atoms with E-state index in [4.69, 9.17) is 0 Å². The minimum Gasteiger partial charge on any atom is -0.322 e. The number of hydrogen-bond acceptors (Lipinski definition) is 5. The Kier molecular flexibility index (Phi) is 6.16. The quantitative estimate of drug-likeness (QED) is 0.555. The molecule has 164 valence electrons. The van der Waals surface area contributed by atoms with Gasteiger partial charge >= 0.3 is 5.69 Å². The summed E-state index contributed by atoms with van der Waals surface area (Å²) in [5, 5.41) is 2.36. The standard InChI is InChI=1S/C19H18BrFN4O5S/c1-23(10-17(26)22-15-6-4-11(20)8-14(15)21)31(29,30)12-5-7-16-13(9-12)18(27)25(3)19(28)24(16)2/h4-9H,10H2,1-3H3,(H,22,26). The number of carbonyl (C=O) groups is 1. The van der Waals surface area contributed by atoms with Gasteiger partial charge < -0.3 is 5.32 Å². The van der Waals surface area contributed by atoms with E-state index in [-0.39, 0.29) is 21.5 Å². The second-order valence-corrected chi connectivity index (χ2v) is 9.78. The van der Waals surface area contributed by atoms with Crippen molar-refractivity contribution in [2.75, 3.05) is 18.9 Å². The topological polar surface area (TPSA) is 110 Å². The maximum absolute atomic E-state index is 13.9. The Morgan fingerprint density at radius 2 is 1.81 bits per heavy atom. The molecule has 0 fully saturated rings. The first kappa shape index (κ1) is 22.8. The number of sulfonamides is 1. The van der Waals surface area contributed by atoms with Crippen molar-refractivity contribution in [3.63, 3.8) is 0 Å². The van der Waals surface area contributed by atoms with E-state index in [1.807, 2.05) is 0 Å². The molecule has 31 heavy (non-hydrogen) atoms. The van der Waals surface area contributed by atoms with Crippen LogP contribution in [0.25, 0.3) is 10.9 Å². The van der Waals surface area contributed by atoms with Gasteiger partial charge in [0.05, 0.1) is 28.0 Å². The molecule has 0 spiro atoms. The summed E-state index contributed by atoms with van der Waals surface area (Å²) in [7, 11) is -0.198. The van der Waals surface area contributed by atoms with Gasteiger partial charge in [-0.3, -0.25) is 18.7 Å². The molecule has 0 aliphatic rings. The van der Waals surface area contributed by atoms with Crippen LogP contribution < -0.4 is 16.6 Å². The van der Waals surface area contributed by atoms with Crippen molar-refractivity contribution >= 4 is 48.5 Å². The highest BCUT2D eigenvalue weighted by Gasteiger charge is 2.24. The number of carbonyl (C=O) groups excluding carboxylic acids is 1. The van der Waals surface area contributed by atoms with Crippen LogP contribution in [0.5, 0.6) is 0 Å². The lowest BCUT2D eigenvalue weighted by atomic mass is 10.2. The van der Waals surface area contributed by atoms with E-state index >= 15 is 0 Å². The molecule has 3 rings (SSSR count). The van der Waals surface area contributed by atoms with Gasteiger partial charge in [-0.05, 0) is 36.4 Å². The first-order valence-corrected chi connectivity index (χ1v) is 11.1. The second-order valence-electron chi connectivity index (χ2n) is 6.82. The lowest BCUT2D eigenvalue weighted by Gasteiger charge is -2.18. The molecule has 0 saturated carbocycles. The molecule has 12 heteroatoms. The number of amides is 1. The predicted molar refractivity (Wildman–Crippen MR) is 117 cm³/mol. The van der Waals surface area contributed by atoms with Crippen LogP contribution in [-0.4, -0.2) is 41.4 Å². The van der Waals surface area contributed by atoms with E-state index < -0.39 is 39.5 Å². The molecule has 0 atom stereocenters. The van der Waals surface area contributed by atoms with Gasteiger partial charge in [-0.1, -0.05) is 15.9 Å². The van der Waals surface area contributed by atoms with E-state index in [0.29, 0.717) is 4.47 Å². The number of halogens is 2. The van der Waals surface area contributed by atoms with Crippen molar-refractivity contribution < 1.29 is 17.6 Å². The summed E-state index contributed by atoms with van der Waals surface area (Å²) >= 11 is 3.11. The lowest BCUT2D eigenvalue weighted by Crippen LogP contribution is -2.37. The fourth-order valence-electron chi connectivity index (χ4n) is 2.98. The van der Waals surface area contributed by atoms with Crippen molar-refractivity contribution in [2.24, 2.45) is 14.1 Å². The molecular formula is C19H18BrFN4O5S. The number of fused-ring (bicyclic) bond motifs is 1. The third-order valence-corrected chi connectivity index (χ3v) is 7.01. The van der Waals surface area contributed by atoms with Gasteiger partial charge in [0.2, 0.25) is 15.9 Å². The van der Waals surface area contributed by atoms with Crippen molar-refractivity contribution in [1.82, 2.24) is 13.4 Å². The summed E-state index contributed by atoms with van der Waals surface area (Å²) in [6.07, 6.45) is 0. The molecule has 1 N–H and O–H groups in total. The minimum absolute atomic E-state index is 0.0421. The molecule has 0 radical (unpaired) electrons. The first-order chi connectivity index (χ1) is 14.4. The molecule has 0 bridgehead atoms. The SMILES string of the molecule is CN(CC(=O)Nc1ccc(Br)cc1F)S(=O)(=O)c1ccc2c(c1)c(=O)n(C)c(=O)n2C. The van der Waals surface area contributed by atoms with Crippen molar-refractivity contribution in [1.29, 1.82) is 0 Å². The van der Waals surface area contributed by atoms with Gasteiger partial charge in [0.1, 0.15) is 5.82 Å². The lowest BCUT2D eigenvalue weighted by molar-refractivity contribution is -0.116. The minimum atomic E-state index is -4.15. The Morgan fingerprint density at radius 1 is 1.13 bits per heavy atom. The molecule has 1 aromatic heterocycles. The number of benzene rings is 2. The van der Waals surface area contributed by atoms with Gasteiger partial charge in [0, 0.05) is 25.6 Å². The largest absolute Gasteiger partial charge is 0.330 e. The summed E-state index contributed by atoms with van der Waals surface area (Å²) in [6.45, 7) is -0.582. The summed E-state index contributed by atoms with van der Waals surface area (Å²) in [6, 6.07) is 7.81. The highest BCUT2D eigenvalue weighted by atomic mass is 79.9. The van der Waals surface area contributed by atoms with Crippen LogP contribution in [0.1, 0.15) is 0 Å². The number of aryl methyl sites for hydroxylation is 1. The highest BCUT2D eigenvalue weighted by molar-refractivity contribution is 9.10. The van der Waals surface area contributed by atoms with Crippen molar-refractivity contribution in [3.05, 3.63) is 67.5 Å². The third kappa shape index (κ3) is 4.31. The molecule has 0 unspecified atom stereocenters. The van der Waals surface area contributed by atoms with Crippen molar-refractivity contribution in [2.45, 2.75) is 4.90 Å². The molecule has 0 aliphatic carbocycles. The number of rotatable bonds is 5. The first-order valence-electron chi connectivity index (χ1n) is 8.84. The van der Waals surface area contributed by atoms with Crippen LogP contribution in [0, 0.1) is 5.82 Å². The Hall–Kier alpha value is -2.83. The highest BCUT2D eigenvalue weighted by Crippen LogP contribution is 2.21. The smallest absolute Gasteiger partial charge is 0.322 e. The number of hydrogen-bond donors (Lipinski definition) is 1. The summed E-state index contributed by atoms with van der Waals surface area (Å²) in [4.78, 5) is 36.5. The van der Waals surface area contributed by atoms with E-state index in [1.165, 1.54) is 56.0 Å². The van der Waals surface area contributed by atoms with Crippen LogP contribution in [0.4, 0.5) is 10.1 Å². The molecule has 3 aromatic rings. The van der Waals surface area contributed by atoms with Gasteiger partial charge in [0.15, 0.2) is 0 Å². The molecular weight excluding hydrogens is 495 g/mol. The van der Waals surface area contributed by atoms with Crippen molar-refractivity contribution in [3.8, 4) is 0 Å². The van der Waals surface area contributed by atoms with Crippen LogP contribution >= 0.6 is 15.9 Å². The number of anilines is 1. The fourth-order valence-corrected chi connectivity index (χ4v) is 4.47. The van der Waals surface area contributed by atoms with E-state index in [9.17, 15) is 27.2 Å². The maximum Gasteiger partial charge on any atom is 0.330 e. The zero-order valence-electron chi connectivity index (χ0n) is 16.7. The average Bonchev–Trinajstić information content (AvgIpc) is 2.72. The molecule has 2 aromatic carbocycles. The third-order valence-electron chi connectivity index (χ3n) is 4.72. The fraction of sp³-hybridized carbons (Fsp3) is 0.211. The average molecular weight is 513 g/mol. The van der Waals surface area contributed by atoms with Gasteiger partial charge in [-0.2, -0.15) is 4.31 Å². The molecule has 0 aliphatic heterocycles. The molecule has 9 nitrogen and oxygen atoms in total.